The van der Waals surface area contributed by atoms with E-state index in [-0.39, 0.29) is 29.0 Å². The number of Topliss-reactive ketones (excluding diaryl/α,β-unsaturated/α-hetero) is 1. The Bertz CT molecular complexity index is 902. The fourth-order valence-electron chi connectivity index (χ4n) is 2.50. The number of aromatic nitrogens is 1. The van der Waals surface area contributed by atoms with Crippen molar-refractivity contribution < 1.29 is 22.7 Å². The monoisotopic (exact) mass is 319 g/mol. The van der Waals surface area contributed by atoms with Crippen molar-refractivity contribution in [1.29, 1.82) is 0 Å². The van der Waals surface area contributed by atoms with Crippen molar-refractivity contribution >= 4 is 16.7 Å². The molecule has 1 N–H and O–H groups in total. The molecule has 0 fully saturated rings. The van der Waals surface area contributed by atoms with Crippen LogP contribution in [-0.4, -0.2) is 17.9 Å². The third-order valence-electron chi connectivity index (χ3n) is 3.65. The van der Waals surface area contributed by atoms with Crippen LogP contribution in [-0.2, 0) is 6.42 Å². The molecule has 0 atom stereocenters. The second-order valence-electron chi connectivity index (χ2n) is 5.04. The second kappa shape index (κ2) is 5.79. The van der Waals surface area contributed by atoms with Gasteiger partial charge in [-0.2, -0.15) is 0 Å². The molecule has 0 radical (unpaired) electrons. The van der Waals surface area contributed by atoms with Crippen molar-refractivity contribution in [2.45, 2.75) is 6.42 Å². The number of halogens is 3. The van der Waals surface area contributed by atoms with Gasteiger partial charge in [-0.1, -0.05) is 6.07 Å². The first kappa shape index (κ1) is 15.1. The zero-order valence-corrected chi connectivity index (χ0v) is 12.1. The highest BCUT2D eigenvalue weighted by Gasteiger charge is 2.18. The van der Waals surface area contributed by atoms with Gasteiger partial charge in [-0.05, 0) is 18.2 Å². The third kappa shape index (κ3) is 2.67. The van der Waals surface area contributed by atoms with Crippen LogP contribution in [0.3, 0.4) is 0 Å². The molecule has 0 spiro atoms. The maximum Gasteiger partial charge on any atom is 0.182 e. The molecule has 118 valence electrons. The number of benzene rings is 2. The smallest absolute Gasteiger partial charge is 0.182 e. The summed E-state index contributed by atoms with van der Waals surface area (Å²) in [6.07, 6.45) is 1.29. The van der Waals surface area contributed by atoms with Crippen LogP contribution in [0, 0.1) is 17.5 Å². The summed E-state index contributed by atoms with van der Waals surface area (Å²) in [6.45, 7) is 0. The van der Waals surface area contributed by atoms with Crippen LogP contribution >= 0.6 is 0 Å². The summed E-state index contributed by atoms with van der Waals surface area (Å²) >= 11 is 0. The Kier molecular flexibility index (Phi) is 3.82. The number of hydrogen-bond acceptors (Lipinski definition) is 2. The van der Waals surface area contributed by atoms with Gasteiger partial charge in [0, 0.05) is 35.2 Å². The van der Waals surface area contributed by atoms with Gasteiger partial charge in [0.25, 0.3) is 0 Å². The Morgan fingerprint density at radius 2 is 1.96 bits per heavy atom. The number of ether oxygens (including phenoxy) is 1. The summed E-state index contributed by atoms with van der Waals surface area (Å²) in [6, 6.07) is 6.20. The van der Waals surface area contributed by atoms with Crippen molar-refractivity contribution in [3.05, 3.63) is 65.1 Å². The highest BCUT2D eigenvalue weighted by atomic mass is 19.2. The van der Waals surface area contributed by atoms with E-state index in [1.807, 2.05) is 0 Å². The van der Waals surface area contributed by atoms with Crippen LogP contribution in [0.15, 0.2) is 36.5 Å². The first-order chi connectivity index (χ1) is 11.0. The Hall–Kier alpha value is -2.76. The van der Waals surface area contributed by atoms with Gasteiger partial charge >= 0.3 is 0 Å². The number of hydrogen-bond donors (Lipinski definition) is 1. The Morgan fingerprint density at radius 1 is 1.17 bits per heavy atom. The van der Waals surface area contributed by atoms with Crippen LogP contribution in [0.25, 0.3) is 10.9 Å². The van der Waals surface area contributed by atoms with E-state index in [9.17, 15) is 18.0 Å². The number of ketones is 1. The van der Waals surface area contributed by atoms with Gasteiger partial charge in [-0.15, -0.1) is 0 Å². The molecule has 1 heterocycles. The summed E-state index contributed by atoms with van der Waals surface area (Å²) < 4.78 is 45.1. The molecule has 0 unspecified atom stereocenters. The molecule has 0 aliphatic heterocycles. The summed E-state index contributed by atoms with van der Waals surface area (Å²) in [5, 5.41) is 0.301. The van der Waals surface area contributed by atoms with Crippen LogP contribution in [0.1, 0.15) is 15.9 Å². The summed E-state index contributed by atoms with van der Waals surface area (Å²) in [7, 11) is 1.38. The Labute approximate surface area is 129 Å². The number of fused-ring (bicyclic) bond motifs is 1. The molecule has 0 aliphatic rings. The normalized spacial score (nSPS) is 11.0. The van der Waals surface area contributed by atoms with E-state index in [4.69, 9.17) is 4.74 Å². The first-order valence-corrected chi connectivity index (χ1v) is 6.82. The first-order valence-electron chi connectivity index (χ1n) is 6.82. The molecule has 2 aromatic carbocycles. The summed E-state index contributed by atoms with van der Waals surface area (Å²) in [4.78, 5) is 15.0. The van der Waals surface area contributed by atoms with Gasteiger partial charge < -0.3 is 9.72 Å². The molecule has 0 saturated carbocycles. The second-order valence-corrected chi connectivity index (χ2v) is 5.04. The molecule has 3 aromatic rings. The zero-order valence-electron chi connectivity index (χ0n) is 12.1. The SMILES string of the molecule is COc1cc(F)ccc1CC(=O)c1c[nH]c2c(F)c(F)ccc12. The molecule has 3 nitrogen and oxygen atoms in total. The van der Waals surface area contributed by atoms with Gasteiger partial charge in [-0.25, -0.2) is 13.2 Å². The molecular weight excluding hydrogens is 307 g/mol. The lowest BCUT2D eigenvalue weighted by atomic mass is 10.0. The van der Waals surface area contributed by atoms with Gasteiger partial charge in [0.05, 0.1) is 12.6 Å². The van der Waals surface area contributed by atoms with Crippen molar-refractivity contribution in [1.82, 2.24) is 4.98 Å². The van der Waals surface area contributed by atoms with Crippen LogP contribution in [0.5, 0.6) is 5.75 Å². The average Bonchev–Trinajstić information content (AvgIpc) is 2.97. The predicted octanol–water partition coefficient (Wildman–Crippen LogP) is 4.02. The fourth-order valence-corrected chi connectivity index (χ4v) is 2.50. The summed E-state index contributed by atoms with van der Waals surface area (Å²) in [5.41, 5.74) is 0.695. The van der Waals surface area contributed by atoms with E-state index >= 15 is 0 Å². The van der Waals surface area contributed by atoms with E-state index < -0.39 is 17.5 Å². The third-order valence-corrected chi connectivity index (χ3v) is 3.65. The lowest BCUT2D eigenvalue weighted by Crippen LogP contribution is -2.05. The van der Waals surface area contributed by atoms with E-state index in [2.05, 4.69) is 4.98 Å². The molecule has 1 aromatic heterocycles. The molecule has 0 saturated heterocycles. The number of H-pyrrole nitrogens is 1. The maximum atomic E-state index is 13.7. The number of rotatable bonds is 4. The highest BCUT2D eigenvalue weighted by molar-refractivity contribution is 6.08. The van der Waals surface area contributed by atoms with Gasteiger partial charge in [0.15, 0.2) is 17.4 Å². The number of nitrogens with one attached hydrogen (secondary N) is 1. The minimum absolute atomic E-state index is 0.0462. The summed E-state index contributed by atoms with van der Waals surface area (Å²) in [5.74, 6) is -2.54. The van der Waals surface area contributed by atoms with Gasteiger partial charge in [0.2, 0.25) is 0 Å². The molecule has 0 aliphatic carbocycles. The number of carbonyl (C=O) groups excluding carboxylic acids is 1. The van der Waals surface area contributed by atoms with Crippen LogP contribution in [0.4, 0.5) is 13.2 Å². The molecule has 0 bridgehead atoms. The average molecular weight is 319 g/mol. The van der Waals surface area contributed by atoms with Crippen molar-refractivity contribution in [3.8, 4) is 5.75 Å². The standard InChI is InChI=1S/C17H12F3NO2/c1-23-15-7-10(18)3-2-9(15)6-14(22)12-8-21-17-11(12)4-5-13(19)16(17)20/h2-5,7-8,21H,6H2,1H3. The zero-order chi connectivity index (χ0) is 16.6. The van der Waals surface area contributed by atoms with E-state index in [1.54, 1.807) is 0 Å². The highest BCUT2D eigenvalue weighted by Crippen LogP contribution is 2.26. The number of methoxy groups -OCH3 is 1. The quantitative estimate of drug-likeness (QED) is 0.738. The van der Waals surface area contributed by atoms with E-state index in [0.29, 0.717) is 10.9 Å². The largest absolute Gasteiger partial charge is 0.496 e. The van der Waals surface area contributed by atoms with Gasteiger partial charge in [0.1, 0.15) is 11.6 Å². The number of aromatic amines is 1. The number of carbonyl (C=O) groups is 1. The molecular formula is C17H12F3NO2. The molecule has 6 heteroatoms. The minimum atomic E-state index is -1.03. The maximum absolute atomic E-state index is 13.7. The van der Waals surface area contributed by atoms with E-state index in [0.717, 1.165) is 6.07 Å². The van der Waals surface area contributed by atoms with Gasteiger partial charge in [-0.3, -0.25) is 4.79 Å². The molecule has 23 heavy (non-hydrogen) atoms. The van der Waals surface area contributed by atoms with E-state index in [1.165, 1.54) is 37.6 Å². The van der Waals surface area contributed by atoms with Crippen molar-refractivity contribution in [2.75, 3.05) is 7.11 Å². The Balaban J connectivity index is 1.97. The van der Waals surface area contributed by atoms with Crippen molar-refractivity contribution in [3.63, 3.8) is 0 Å². The lowest BCUT2D eigenvalue weighted by molar-refractivity contribution is 0.0993. The fraction of sp³-hybridized carbons (Fsp3) is 0.118. The van der Waals surface area contributed by atoms with Crippen LogP contribution in [0.2, 0.25) is 0 Å². The molecule has 3 rings (SSSR count). The molecule has 0 amide bonds. The van der Waals surface area contributed by atoms with Crippen molar-refractivity contribution in [2.24, 2.45) is 0 Å². The van der Waals surface area contributed by atoms with Crippen LogP contribution < -0.4 is 4.74 Å². The minimum Gasteiger partial charge on any atom is -0.496 e. The predicted molar refractivity (Wildman–Crippen MR) is 79.2 cm³/mol. The topological polar surface area (TPSA) is 42.1 Å². The lowest BCUT2D eigenvalue weighted by Gasteiger charge is -2.07. The Morgan fingerprint density at radius 3 is 2.70 bits per heavy atom.